The molecule has 4 aromatic carbocycles. The quantitative estimate of drug-likeness (QED) is 0.200. The first-order valence-corrected chi connectivity index (χ1v) is 14.9. The van der Waals surface area contributed by atoms with Gasteiger partial charge in [0.1, 0.15) is 23.0 Å². The Bertz CT molecular complexity index is 1820. The Morgan fingerprint density at radius 2 is 0.848 bits per heavy atom. The molecule has 1 aliphatic rings. The predicted octanol–water partition coefficient (Wildman–Crippen LogP) is 6.61. The minimum Gasteiger partial charge on any atom is -0.507 e. The van der Waals surface area contributed by atoms with Gasteiger partial charge in [-0.15, -0.1) is 0 Å². The normalized spacial score (nSPS) is 11.4. The SMILES string of the molecule is CC#N.CCOc1c2cccc1Cc1cc(CC#N)cc(c1O)Cc1cc(CC#N)cc(c1O)Cc1cc(CC#N)cc(c1O)C2. The van der Waals surface area contributed by atoms with Gasteiger partial charge in [0.05, 0.1) is 50.1 Å². The van der Waals surface area contributed by atoms with Crippen molar-refractivity contribution in [3.05, 3.63) is 116 Å². The number of hydrogen-bond donors (Lipinski definition) is 3. The van der Waals surface area contributed by atoms with Gasteiger partial charge in [-0.05, 0) is 68.1 Å². The van der Waals surface area contributed by atoms with Gasteiger partial charge in [0.15, 0.2) is 0 Å². The van der Waals surface area contributed by atoms with Crippen LogP contribution in [0.4, 0.5) is 0 Å². The maximum absolute atomic E-state index is 11.5. The molecule has 8 bridgehead atoms. The lowest BCUT2D eigenvalue weighted by molar-refractivity contribution is 0.333. The van der Waals surface area contributed by atoms with Crippen molar-refractivity contribution in [1.29, 1.82) is 21.0 Å². The molecule has 0 saturated heterocycles. The summed E-state index contributed by atoms with van der Waals surface area (Å²) in [6.07, 6.45) is 1.43. The molecule has 0 spiro atoms. The van der Waals surface area contributed by atoms with Crippen molar-refractivity contribution in [2.75, 3.05) is 6.61 Å². The lowest BCUT2D eigenvalue weighted by Gasteiger charge is -2.20. The number of rotatable bonds is 5. The van der Waals surface area contributed by atoms with Crippen LogP contribution in [-0.4, -0.2) is 21.9 Å². The fourth-order valence-corrected chi connectivity index (χ4v) is 5.95. The summed E-state index contributed by atoms with van der Waals surface area (Å²) in [5, 5.41) is 70.2. The largest absolute Gasteiger partial charge is 0.507 e. The maximum Gasteiger partial charge on any atom is 0.126 e. The lowest BCUT2D eigenvalue weighted by Crippen LogP contribution is -2.06. The Kier molecular flexibility index (Phi) is 10.9. The van der Waals surface area contributed by atoms with Crippen molar-refractivity contribution < 1.29 is 20.1 Å². The molecule has 0 radical (unpaired) electrons. The summed E-state index contributed by atoms with van der Waals surface area (Å²) in [4.78, 5) is 0. The summed E-state index contributed by atoms with van der Waals surface area (Å²) < 4.78 is 6.15. The van der Waals surface area contributed by atoms with Crippen LogP contribution in [0.25, 0.3) is 0 Å². The molecule has 4 aromatic rings. The van der Waals surface area contributed by atoms with E-state index in [-0.39, 0.29) is 49.4 Å². The Hall–Kier alpha value is -5.96. The summed E-state index contributed by atoms with van der Waals surface area (Å²) >= 11 is 0. The van der Waals surface area contributed by atoms with Gasteiger partial charge in [-0.25, -0.2) is 0 Å². The second kappa shape index (κ2) is 15.2. The first kappa shape index (κ1) is 32.9. The lowest BCUT2D eigenvalue weighted by atomic mass is 9.88. The van der Waals surface area contributed by atoms with Crippen LogP contribution in [0.2, 0.25) is 0 Å². The van der Waals surface area contributed by atoms with Crippen LogP contribution in [0.15, 0.2) is 54.6 Å². The maximum atomic E-state index is 11.5. The molecule has 0 saturated carbocycles. The minimum atomic E-state index is 0.0101. The number of benzene rings is 4. The molecular weight excluding hydrogens is 576 g/mol. The zero-order valence-corrected chi connectivity index (χ0v) is 25.9. The summed E-state index contributed by atoms with van der Waals surface area (Å²) in [5.41, 5.74) is 7.29. The highest BCUT2D eigenvalue weighted by atomic mass is 16.5. The van der Waals surface area contributed by atoms with Gasteiger partial charge in [-0.1, -0.05) is 54.6 Å². The number of fused-ring (bicyclic) bond motifs is 8. The number of nitriles is 4. The van der Waals surface area contributed by atoms with Gasteiger partial charge in [0.25, 0.3) is 0 Å². The molecule has 0 aliphatic heterocycles. The van der Waals surface area contributed by atoms with E-state index in [0.29, 0.717) is 64.1 Å². The second-order valence-corrected chi connectivity index (χ2v) is 11.1. The highest BCUT2D eigenvalue weighted by molar-refractivity contribution is 5.57. The van der Waals surface area contributed by atoms with Crippen molar-refractivity contribution in [2.45, 2.75) is 58.8 Å². The standard InChI is InChI=1S/C36H31N3O4.C2H3N/c1-2-43-36-25-4-3-5-26(36)19-28-13-23(7-10-38)15-30(34(28)41)21-32-17-24(8-11-39)16-31(35(32)42)20-29-14-22(6-9-37)12-27(18-25)33(29)40;1-2-3/h3-5,12-17,40-42H,2,6-8,18-21H2,1H3;1H3. The number of phenols is 3. The Morgan fingerprint density at radius 1 is 0.565 bits per heavy atom. The number of nitrogens with zero attached hydrogens (tertiary/aromatic N) is 4. The molecule has 0 unspecified atom stereocenters. The van der Waals surface area contributed by atoms with Crippen LogP contribution in [0.5, 0.6) is 23.0 Å². The van der Waals surface area contributed by atoms with Crippen LogP contribution in [-0.2, 0) is 44.9 Å². The molecular formula is C38H34N4O4. The fraction of sp³-hybridized carbons (Fsp3) is 0.263. The molecule has 0 atom stereocenters. The molecule has 5 rings (SSSR count). The van der Waals surface area contributed by atoms with Crippen molar-refractivity contribution in [3.8, 4) is 47.3 Å². The van der Waals surface area contributed by atoms with E-state index in [4.69, 9.17) is 10.00 Å². The van der Waals surface area contributed by atoms with Gasteiger partial charge in [0.2, 0.25) is 0 Å². The van der Waals surface area contributed by atoms with Crippen LogP contribution in [0, 0.1) is 45.3 Å². The zero-order valence-electron chi connectivity index (χ0n) is 25.9. The van der Waals surface area contributed by atoms with Crippen LogP contribution in [0.1, 0.15) is 75.0 Å². The highest BCUT2D eigenvalue weighted by Gasteiger charge is 2.21. The molecule has 8 heteroatoms. The predicted molar refractivity (Wildman–Crippen MR) is 172 cm³/mol. The summed E-state index contributed by atoms with van der Waals surface area (Å²) in [5.74, 6) is 0.838. The van der Waals surface area contributed by atoms with Gasteiger partial charge >= 0.3 is 0 Å². The number of hydrogen-bond acceptors (Lipinski definition) is 8. The third-order valence-corrected chi connectivity index (χ3v) is 7.82. The molecule has 8 nitrogen and oxygen atoms in total. The molecule has 1 aliphatic carbocycles. The van der Waals surface area contributed by atoms with Crippen molar-refractivity contribution in [3.63, 3.8) is 0 Å². The number of para-hydroxylation sites is 1. The van der Waals surface area contributed by atoms with Crippen molar-refractivity contribution in [1.82, 2.24) is 0 Å². The molecule has 0 fully saturated rings. The second-order valence-electron chi connectivity index (χ2n) is 11.1. The summed E-state index contributed by atoms with van der Waals surface area (Å²) in [6.45, 7) is 3.75. The number of aromatic hydroxyl groups is 3. The van der Waals surface area contributed by atoms with Gasteiger partial charge in [-0.3, -0.25) is 0 Å². The Labute approximate surface area is 269 Å². The third-order valence-electron chi connectivity index (χ3n) is 7.82. The van der Waals surface area contributed by atoms with E-state index in [0.717, 1.165) is 22.3 Å². The van der Waals surface area contributed by atoms with Gasteiger partial charge in [0, 0.05) is 32.6 Å². The van der Waals surface area contributed by atoms with E-state index >= 15 is 0 Å². The van der Waals surface area contributed by atoms with Crippen LogP contribution < -0.4 is 4.74 Å². The van der Waals surface area contributed by atoms with Crippen molar-refractivity contribution in [2.24, 2.45) is 0 Å². The summed E-state index contributed by atoms with van der Waals surface area (Å²) in [6, 6.07) is 24.8. The molecule has 0 heterocycles. The van der Waals surface area contributed by atoms with E-state index in [2.05, 4.69) is 18.2 Å². The monoisotopic (exact) mass is 610 g/mol. The van der Waals surface area contributed by atoms with E-state index < -0.39 is 0 Å². The van der Waals surface area contributed by atoms with E-state index in [1.54, 1.807) is 30.3 Å². The fourth-order valence-electron chi connectivity index (χ4n) is 5.95. The van der Waals surface area contributed by atoms with Gasteiger partial charge in [-0.2, -0.15) is 21.0 Å². The first-order chi connectivity index (χ1) is 22.3. The molecule has 46 heavy (non-hydrogen) atoms. The van der Waals surface area contributed by atoms with E-state index in [1.807, 2.05) is 37.3 Å². The van der Waals surface area contributed by atoms with Crippen LogP contribution in [0.3, 0.4) is 0 Å². The smallest absolute Gasteiger partial charge is 0.126 e. The molecule has 230 valence electrons. The first-order valence-electron chi connectivity index (χ1n) is 14.9. The third kappa shape index (κ3) is 7.39. The Balaban J connectivity index is 0.00000154. The number of ether oxygens (including phenoxy) is 1. The molecule has 0 amide bonds. The van der Waals surface area contributed by atoms with Crippen molar-refractivity contribution >= 4 is 0 Å². The van der Waals surface area contributed by atoms with E-state index in [1.165, 1.54) is 6.92 Å². The Morgan fingerprint density at radius 3 is 1.11 bits per heavy atom. The minimum absolute atomic E-state index is 0.0101. The summed E-state index contributed by atoms with van der Waals surface area (Å²) in [7, 11) is 0. The molecule has 0 aromatic heterocycles. The van der Waals surface area contributed by atoms with Gasteiger partial charge < -0.3 is 20.1 Å². The highest BCUT2D eigenvalue weighted by Crippen LogP contribution is 2.39. The average molecular weight is 611 g/mol. The van der Waals surface area contributed by atoms with E-state index in [9.17, 15) is 31.1 Å². The number of phenolic OH excluding ortho intramolecular Hbond substituents is 3. The molecule has 3 N–H and O–H groups in total. The van der Waals surface area contributed by atoms with Crippen LogP contribution >= 0.6 is 0 Å². The average Bonchev–Trinajstić information content (AvgIpc) is 3.02. The topological polar surface area (TPSA) is 165 Å². The zero-order chi connectivity index (χ0) is 33.2.